The number of hydrogen-bond donors (Lipinski definition) is 1. The van der Waals surface area contributed by atoms with Gasteiger partial charge in [0.2, 0.25) is 5.91 Å². The number of carboxylic acids is 1. The van der Waals surface area contributed by atoms with Crippen LogP contribution in [0.5, 0.6) is 5.75 Å². The Hall–Kier alpha value is -2.08. The lowest BCUT2D eigenvalue weighted by Gasteiger charge is -2.32. The van der Waals surface area contributed by atoms with Crippen molar-refractivity contribution >= 4 is 17.6 Å². The summed E-state index contributed by atoms with van der Waals surface area (Å²) in [4.78, 5) is 25.6. The first kappa shape index (κ1) is 13.9. The number of rotatable bonds is 2. The molecule has 1 fully saturated rings. The fourth-order valence-corrected chi connectivity index (χ4v) is 2.90. The molecule has 1 aromatic carbocycles. The molecule has 0 spiro atoms. The lowest BCUT2D eigenvalue weighted by Crippen LogP contribution is -2.43. The first-order valence-electron chi connectivity index (χ1n) is 7.01. The normalized spacial score (nSPS) is 24.3. The molecule has 0 bridgehead atoms. The zero-order valence-corrected chi connectivity index (χ0v) is 11.7. The molecule has 3 rings (SSSR count). The van der Waals surface area contributed by atoms with Crippen LogP contribution in [0.4, 0.5) is 5.69 Å². The smallest absolute Gasteiger partial charge is 0.339 e. The number of benzene rings is 1. The first-order chi connectivity index (χ1) is 10.1. The highest BCUT2D eigenvalue weighted by Crippen LogP contribution is 2.37. The van der Waals surface area contributed by atoms with Gasteiger partial charge in [-0.25, -0.2) is 4.79 Å². The molecule has 1 N–H and O–H groups in total. The highest BCUT2D eigenvalue weighted by Gasteiger charge is 2.37. The van der Waals surface area contributed by atoms with Gasteiger partial charge in [-0.15, -0.1) is 0 Å². The van der Waals surface area contributed by atoms with E-state index in [1.165, 1.54) is 6.07 Å². The fourth-order valence-electron chi connectivity index (χ4n) is 2.90. The summed E-state index contributed by atoms with van der Waals surface area (Å²) in [5, 5.41) is 9.22. The van der Waals surface area contributed by atoms with Crippen molar-refractivity contribution in [3.8, 4) is 5.75 Å². The van der Waals surface area contributed by atoms with Crippen molar-refractivity contribution < 1.29 is 24.2 Å². The topological polar surface area (TPSA) is 76.1 Å². The summed E-state index contributed by atoms with van der Waals surface area (Å²) in [6.45, 7) is 3.21. The Morgan fingerprint density at radius 2 is 2.14 bits per heavy atom. The summed E-state index contributed by atoms with van der Waals surface area (Å²) < 4.78 is 10.9. The van der Waals surface area contributed by atoms with Gasteiger partial charge in [0.1, 0.15) is 12.2 Å². The summed E-state index contributed by atoms with van der Waals surface area (Å²) in [6.07, 6.45) is 0.595. The SMILES string of the molecule is CC1OCCC1C(=O)N1CCOc2c(C(=O)O)cccc21. The quantitative estimate of drug-likeness (QED) is 0.894. The average Bonchev–Trinajstić information content (AvgIpc) is 2.91. The highest BCUT2D eigenvalue weighted by molar-refractivity contribution is 6.01. The Balaban J connectivity index is 1.95. The van der Waals surface area contributed by atoms with Crippen LogP contribution in [0.1, 0.15) is 23.7 Å². The maximum absolute atomic E-state index is 12.7. The lowest BCUT2D eigenvalue weighted by atomic mass is 10.00. The fraction of sp³-hybridized carbons (Fsp3) is 0.467. The van der Waals surface area contributed by atoms with Crippen LogP contribution >= 0.6 is 0 Å². The zero-order chi connectivity index (χ0) is 15.0. The molecule has 2 atom stereocenters. The van der Waals surface area contributed by atoms with Gasteiger partial charge in [-0.05, 0) is 25.5 Å². The molecule has 0 aliphatic carbocycles. The van der Waals surface area contributed by atoms with E-state index in [1.54, 1.807) is 17.0 Å². The number of ether oxygens (including phenoxy) is 2. The van der Waals surface area contributed by atoms with Crippen LogP contribution in [-0.2, 0) is 9.53 Å². The maximum atomic E-state index is 12.7. The second kappa shape index (κ2) is 5.37. The minimum absolute atomic E-state index is 0.0212. The maximum Gasteiger partial charge on any atom is 0.339 e. The number of fused-ring (bicyclic) bond motifs is 1. The molecule has 2 aliphatic rings. The van der Waals surface area contributed by atoms with Crippen molar-refractivity contribution in [1.82, 2.24) is 0 Å². The number of carboxylic acid groups (broad SMARTS) is 1. The van der Waals surface area contributed by atoms with Crippen molar-refractivity contribution in [3.63, 3.8) is 0 Å². The van der Waals surface area contributed by atoms with Crippen molar-refractivity contribution in [3.05, 3.63) is 23.8 Å². The summed E-state index contributed by atoms with van der Waals surface area (Å²) in [7, 11) is 0. The second-order valence-electron chi connectivity index (χ2n) is 5.27. The lowest BCUT2D eigenvalue weighted by molar-refractivity contribution is -0.124. The predicted molar refractivity (Wildman–Crippen MR) is 74.8 cm³/mol. The number of carbonyl (C=O) groups is 2. The molecular formula is C15H17NO5. The van der Waals surface area contributed by atoms with Crippen LogP contribution in [0.2, 0.25) is 0 Å². The predicted octanol–water partition coefficient (Wildman–Crippen LogP) is 1.54. The van der Waals surface area contributed by atoms with E-state index >= 15 is 0 Å². The molecular weight excluding hydrogens is 274 g/mol. The molecule has 21 heavy (non-hydrogen) atoms. The number of anilines is 1. The molecule has 1 aromatic rings. The van der Waals surface area contributed by atoms with E-state index in [2.05, 4.69) is 0 Å². The Morgan fingerprint density at radius 3 is 2.81 bits per heavy atom. The summed E-state index contributed by atoms with van der Waals surface area (Å²) in [5.74, 6) is -0.980. The Labute approximate surface area is 122 Å². The van der Waals surface area contributed by atoms with E-state index in [0.29, 0.717) is 31.9 Å². The zero-order valence-electron chi connectivity index (χ0n) is 11.7. The van der Waals surface area contributed by atoms with Crippen LogP contribution in [0, 0.1) is 5.92 Å². The van der Waals surface area contributed by atoms with Gasteiger partial charge >= 0.3 is 5.97 Å². The third kappa shape index (κ3) is 2.35. The summed E-state index contributed by atoms with van der Waals surface area (Å²) >= 11 is 0. The van der Waals surface area contributed by atoms with Crippen LogP contribution in [0.3, 0.4) is 0 Å². The number of aromatic carboxylic acids is 1. The van der Waals surface area contributed by atoms with Gasteiger partial charge in [0, 0.05) is 6.61 Å². The molecule has 112 valence electrons. The number of nitrogens with zero attached hydrogens (tertiary/aromatic N) is 1. The molecule has 0 aromatic heterocycles. The average molecular weight is 291 g/mol. The van der Waals surface area contributed by atoms with E-state index in [-0.39, 0.29) is 29.2 Å². The van der Waals surface area contributed by atoms with E-state index in [1.807, 2.05) is 6.92 Å². The van der Waals surface area contributed by atoms with Crippen LogP contribution in [0.15, 0.2) is 18.2 Å². The van der Waals surface area contributed by atoms with Crippen LogP contribution in [-0.4, -0.2) is 42.8 Å². The van der Waals surface area contributed by atoms with E-state index in [4.69, 9.17) is 9.47 Å². The van der Waals surface area contributed by atoms with Gasteiger partial charge in [-0.1, -0.05) is 6.07 Å². The van der Waals surface area contributed by atoms with Gasteiger partial charge in [0.25, 0.3) is 0 Å². The second-order valence-corrected chi connectivity index (χ2v) is 5.27. The standard InChI is InChI=1S/C15H17NO5/c1-9-10(5-7-20-9)14(17)16-6-8-21-13-11(15(18)19)3-2-4-12(13)16/h2-4,9-10H,5-8H2,1H3,(H,18,19). The summed E-state index contributed by atoms with van der Waals surface area (Å²) in [6, 6.07) is 4.83. The van der Waals surface area contributed by atoms with E-state index in [9.17, 15) is 14.7 Å². The minimum atomic E-state index is -1.06. The highest BCUT2D eigenvalue weighted by atomic mass is 16.5. The number of para-hydroxylation sites is 1. The molecule has 1 amide bonds. The Morgan fingerprint density at radius 1 is 1.33 bits per heavy atom. The minimum Gasteiger partial charge on any atom is -0.489 e. The van der Waals surface area contributed by atoms with Crippen molar-refractivity contribution in [1.29, 1.82) is 0 Å². The van der Waals surface area contributed by atoms with Gasteiger partial charge < -0.3 is 19.5 Å². The Bertz CT molecular complexity index is 585. The van der Waals surface area contributed by atoms with Crippen molar-refractivity contribution in [2.24, 2.45) is 5.92 Å². The molecule has 6 nitrogen and oxygen atoms in total. The molecule has 0 radical (unpaired) electrons. The molecule has 0 saturated carbocycles. The number of carbonyl (C=O) groups excluding carboxylic acids is 1. The van der Waals surface area contributed by atoms with Gasteiger partial charge in [-0.3, -0.25) is 4.79 Å². The first-order valence-corrected chi connectivity index (χ1v) is 7.01. The van der Waals surface area contributed by atoms with Gasteiger partial charge in [0.15, 0.2) is 5.75 Å². The monoisotopic (exact) mass is 291 g/mol. The largest absolute Gasteiger partial charge is 0.489 e. The van der Waals surface area contributed by atoms with E-state index < -0.39 is 5.97 Å². The molecule has 1 saturated heterocycles. The third-order valence-electron chi connectivity index (χ3n) is 4.04. The molecule has 2 heterocycles. The van der Waals surface area contributed by atoms with Crippen molar-refractivity contribution in [2.45, 2.75) is 19.4 Å². The Kier molecular flexibility index (Phi) is 3.55. The summed E-state index contributed by atoms with van der Waals surface area (Å²) in [5.41, 5.74) is 0.617. The molecule has 2 unspecified atom stereocenters. The van der Waals surface area contributed by atoms with Crippen LogP contribution < -0.4 is 9.64 Å². The van der Waals surface area contributed by atoms with Crippen LogP contribution in [0.25, 0.3) is 0 Å². The number of amides is 1. The van der Waals surface area contributed by atoms with Gasteiger partial charge in [-0.2, -0.15) is 0 Å². The van der Waals surface area contributed by atoms with Gasteiger partial charge in [0.05, 0.1) is 24.3 Å². The number of hydrogen-bond acceptors (Lipinski definition) is 4. The third-order valence-corrected chi connectivity index (χ3v) is 4.04. The molecule has 6 heteroatoms. The van der Waals surface area contributed by atoms with E-state index in [0.717, 1.165) is 0 Å². The molecule has 2 aliphatic heterocycles. The van der Waals surface area contributed by atoms with Crippen molar-refractivity contribution in [2.75, 3.05) is 24.7 Å².